The fourth-order valence-corrected chi connectivity index (χ4v) is 4.70. The van der Waals surface area contributed by atoms with Gasteiger partial charge in [-0.1, -0.05) is 30.3 Å². The summed E-state index contributed by atoms with van der Waals surface area (Å²) in [5.41, 5.74) is 0.851. The van der Waals surface area contributed by atoms with Crippen LogP contribution in [0.3, 0.4) is 0 Å². The Kier molecular flexibility index (Phi) is 2.79. The van der Waals surface area contributed by atoms with Crippen molar-refractivity contribution in [1.82, 2.24) is 4.90 Å². The van der Waals surface area contributed by atoms with Gasteiger partial charge in [-0.25, -0.2) is 4.79 Å². The van der Waals surface area contributed by atoms with Crippen LogP contribution in [0.15, 0.2) is 30.3 Å². The van der Waals surface area contributed by atoms with E-state index in [-0.39, 0.29) is 18.1 Å². The van der Waals surface area contributed by atoms with Crippen LogP contribution < -0.4 is 5.14 Å². The molecule has 0 saturated carbocycles. The summed E-state index contributed by atoms with van der Waals surface area (Å²) in [5.74, 6) is 0.489. The van der Waals surface area contributed by atoms with Crippen LogP contribution in [0.4, 0.5) is 4.79 Å². The summed E-state index contributed by atoms with van der Waals surface area (Å²) in [6.45, 7) is 1.41. The largest absolute Gasteiger partial charge is 0.445 e. The molecular weight excluding hydrogens is 264 g/mol. The molecule has 5 nitrogen and oxygen atoms in total. The van der Waals surface area contributed by atoms with Crippen molar-refractivity contribution in [2.75, 3.05) is 18.8 Å². The van der Waals surface area contributed by atoms with E-state index in [0.29, 0.717) is 18.8 Å². The summed E-state index contributed by atoms with van der Waals surface area (Å²) < 4.78 is 16.6. The highest BCUT2D eigenvalue weighted by Gasteiger charge is 2.51. The molecule has 0 radical (unpaired) electrons. The first-order valence-corrected chi connectivity index (χ1v) is 7.95. The van der Waals surface area contributed by atoms with Crippen LogP contribution in [0, 0.1) is 5.41 Å². The van der Waals surface area contributed by atoms with E-state index in [4.69, 9.17) is 9.88 Å². The topological polar surface area (TPSA) is 72.6 Å². The van der Waals surface area contributed by atoms with Gasteiger partial charge in [-0.3, -0.25) is 9.35 Å². The summed E-state index contributed by atoms with van der Waals surface area (Å²) in [7, 11) is -2.21. The lowest BCUT2D eigenvalue weighted by molar-refractivity contribution is 0.0373. The van der Waals surface area contributed by atoms with E-state index in [1.807, 2.05) is 30.3 Å². The monoisotopic (exact) mass is 280 g/mol. The van der Waals surface area contributed by atoms with Crippen molar-refractivity contribution in [3.05, 3.63) is 35.9 Å². The molecule has 3 rings (SSSR count). The lowest BCUT2D eigenvalue weighted by Gasteiger charge is -2.52. The minimum Gasteiger partial charge on any atom is -0.445 e. The van der Waals surface area contributed by atoms with Crippen molar-refractivity contribution in [1.29, 1.82) is 0 Å². The zero-order chi connectivity index (χ0) is 13.5. The first kappa shape index (κ1) is 12.5. The average Bonchev–Trinajstić information content (AvgIpc) is 2.31. The van der Waals surface area contributed by atoms with Gasteiger partial charge in [0.1, 0.15) is 6.61 Å². The number of nitrogens with two attached hydrogens (primary N) is 1. The van der Waals surface area contributed by atoms with Gasteiger partial charge in [0.25, 0.3) is 0 Å². The van der Waals surface area contributed by atoms with Crippen LogP contribution in [0.25, 0.3) is 0 Å². The van der Waals surface area contributed by atoms with Crippen molar-refractivity contribution >= 4 is 21.2 Å². The summed E-state index contributed by atoms with van der Waals surface area (Å²) >= 11 is 0. The molecule has 1 aromatic rings. The molecule has 2 heterocycles. The predicted molar refractivity (Wildman–Crippen MR) is 73.9 cm³/mol. The van der Waals surface area contributed by atoms with Crippen LogP contribution >= 0.6 is 0 Å². The average molecular weight is 280 g/mol. The molecule has 0 aromatic heterocycles. The standard InChI is InChI=1S/C13H16N2O3S/c14-19(17)9-13(10-19)7-15(8-13)12(16)18-6-11-4-2-1-3-5-11/h1-5,9H,6-8,10H2,(H2,14,17). The number of benzene rings is 1. The summed E-state index contributed by atoms with van der Waals surface area (Å²) in [6, 6.07) is 9.55. The fourth-order valence-electron chi connectivity index (χ4n) is 2.67. The zero-order valence-corrected chi connectivity index (χ0v) is 11.3. The quantitative estimate of drug-likeness (QED) is 0.806. The minimum atomic E-state index is -2.21. The molecule has 1 saturated heterocycles. The van der Waals surface area contributed by atoms with E-state index >= 15 is 0 Å². The van der Waals surface area contributed by atoms with Gasteiger partial charge in [-0.05, 0) is 10.9 Å². The molecule has 102 valence electrons. The van der Waals surface area contributed by atoms with Crippen LogP contribution in [0.2, 0.25) is 0 Å². The van der Waals surface area contributed by atoms with Gasteiger partial charge >= 0.3 is 6.09 Å². The minimum absolute atomic E-state index is 0.113. The molecule has 6 heteroatoms. The molecular formula is C13H16N2O3S. The molecule has 1 unspecified atom stereocenters. The van der Waals surface area contributed by atoms with E-state index in [9.17, 15) is 9.00 Å². The molecule has 19 heavy (non-hydrogen) atoms. The molecule has 0 bridgehead atoms. The van der Waals surface area contributed by atoms with E-state index in [1.54, 1.807) is 10.3 Å². The maximum absolute atomic E-state index is 11.8. The maximum Gasteiger partial charge on any atom is 0.410 e. The van der Waals surface area contributed by atoms with Crippen LogP contribution in [-0.4, -0.2) is 39.4 Å². The number of likely N-dealkylation sites (tertiary alicyclic amines) is 1. The van der Waals surface area contributed by atoms with Gasteiger partial charge < -0.3 is 9.64 Å². The molecule has 2 aliphatic rings. The first-order valence-electron chi connectivity index (χ1n) is 6.09. The highest BCUT2D eigenvalue weighted by molar-refractivity contribution is 8.01. The lowest BCUT2D eigenvalue weighted by atomic mass is 9.84. The Morgan fingerprint density at radius 2 is 2.00 bits per heavy atom. The van der Waals surface area contributed by atoms with E-state index in [0.717, 1.165) is 5.56 Å². The Hall–Kier alpha value is -1.53. The van der Waals surface area contributed by atoms with E-state index in [1.165, 1.54) is 0 Å². The van der Waals surface area contributed by atoms with Crippen molar-refractivity contribution in [3.63, 3.8) is 0 Å². The number of amides is 1. The normalized spacial score (nSPS) is 27.1. The van der Waals surface area contributed by atoms with Gasteiger partial charge in [-0.2, -0.15) is 0 Å². The van der Waals surface area contributed by atoms with Gasteiger partial charge in [-0.15, -0.1) is 0 Å². The Morgan fingerprint density at radius 3 is 2.58 bits per heavy atom. The number of hydrogen-bond acceptors (Lipinski definition) is 3. The van der Waals surface area contributed by atoms with Crippen molar-refractivity contribution in [3.8, 4) is 0 Å². The summed E-state index contributed by atoms with van der Waals surface area (Å²) in [4.78, 5) is 13.4. The van der Waals surface area contributed by atoms with Crippen LogP contribution in [-0.2, 0) is 21.1 Å². The number of carbonyl (C=O) groups excluding carboxylic acids is 1. The molecule has 2 N–H and O–H groups in total. The third-order valence-electron chi connectivity index (χ3n) is 3.44. The van der Waals surface area contributed by atoms with E-state index in [2.05, 4.69) is 0 Å². The Labute approximate surface area is 112 Å². The summed E-state index contributed by atoms with van der Waals surface area (Å²) in [5, 5.41) is 7.20. The second-order valence-electron chi connectivity index (χ2n) is 5.30. The number of ether oxygens (including phenoxy) is 1. The van der Waals surface area contributed by atoms with Crippen LogP contribution in [0.5, 0.6) is 0 Å². The number of rotatable bonds is 2. The number of hydrogen-bond donors (Lipinski definition) is 1. The molecule has 1 spiro atoms. The van der Waals surface area contributed by atoms with Crippen molar-refractivity contribution in [2.45, 2.75) is 6.61 Å². The third-order valence-corrected chi connectivity index (χ3v) is 5.36. The molecule has 1 atom stereocenters. The van der Waals surface area contributed by atoms with Gasteiger partial charge in [0.15, 0.2) is 0 Å². The number of carbonyl (C=O) groups is 1. The van der Waals surface area contributed by atoms with Gasteiger partial charge in [0, 0.05) is 34.0 Å². The SMILES string of the molecule is NS1(=O)=CC2(CN(C(=O)OCc3ccccc3)C2)C1. The molecule has 0 aliphatic carbocycles. The highest BCUT2D eigenvalue weighted by atomic mass is 32.2. The summed E-state index contributed by atoms with van der Waals surface area (Å²) in [6.07, 6.45) is -0.321. The second-order valence-corrected chi connectivity index (χ2v) is 7.38. The first-order chi connectivity index (χ1) is 8.98. The smallest absolute Gasteiger partial charge is 0.410 e. The van der Waals surface area contributed by atoms with Gasteiger partial charge in [0.2, 0.25) is 0 Å². The molecule has 1 fully saturated rings. The predicted octanol–water partition coefficient (Wildman–Crippen LogP) is 0.599. The Balaban J connectivity index is 1.49. The lowest BCUT2D eigenvalue weighted by Crippen LogP contribution is -2.68. The molecule has 2 aliphatic heterocycles. The number of nitrogens with zero attached hydrogens (tertiary/aromatic N) is 1. The zero-order valence-electron chi connectivity index (χ0n) is 10.5. The maximum atomic E-state index is 11.8. The van der Waals surface area contributed by atoms with E-state index < -0.39 is 9.71 Å². The second kappa shape index (κ2) is 4.25. The Morgan fingerprint density at radius 1 is 1.37 bits per heavy atom. The molecule has 1 amide bonds. The van der Waals surface area contributed by atoms with Crippen molar-refractivity contribution < 1.29 is 13.7 Å². The van der Waals surface area contributed by atoms with Crippen LogP contribution in [0.1, 0.15) is 5.56 Å². The fraction of sp³-hybridized carbons (Fsp3) is 0.385. The highest BCUT2D eigenvalue weighted by Crippen LogP contribution is 2.36. The third kappa shape index (κ3) is 2.46. The van der Waals surface area contributed by atoms with Crippen molar-refractivity contribution in [2.24, 2.45) is 10.6 Å². The molecule has 1 aromatic carbocycles. The van der Waals surface area contributed by atoms with Gasteiger partial charge in [0.05, 0.1) is 0 Å². The Bertz CT molecular complexity index is 614.